The zero-order chi connectivity index (χ0) is 9.84. The second-order valence-electron chi connectivity index (χ2n) is 2.64. The number of rotatable bonds is 4. The molecule has 1 aromatic rings. The van der Waals surface area contributed by atoms with Gasteiger partial charge in [-0.15, -0.1) is 0 Å². The first-order valence-corrected chi connectivity index (χ1v) is 6.05. The Bertz CT molecular complexity index is 305. The molecule has 0 fully saturated rings. The van der Waals surface area contributed by atoms with Crippen molar-refractivity contribution >= 4 is 28.1 Å². The summed E-state index contributed by atoms with van der Waals surface area (Å²) < 4.78 is 11.4. The zero-order valence-electron chi connectivity index (χ0n) is 7.10. The van der Waals surface area contributed by atoms with E-state index in [1.54, 1.807) is 0 Å². The van der Waals surface area contributed by atoms with Crippen molar-refractivity contribution in [2.45, 2.75) is 17.9 Å². The van der Waals surface area contributed by atoms with Gasteiger partial charge in [0.25, 0.3) is 0 Å². The van der Waals surface area contributed by atoms with E-state index in [0.717, 1.165) is 5.56 Å². The number of hydrogen-bond acceptors (Lipinski definition) is 3. The monoisotopic (exact) mass is 218 g/mol. The van der Waals surface area contributed by atoms with E-state index in [0.29, 0.717) is 5.75 Å². The summed E-state index contributed by atoms with van der Waals surface area (Å²) >= 11 is 1.52. The van der Waals surface area contributed by atoms with Crippen LogP contribution in [0.1, 0.15) is 12.5 Å². The largest absolute Gasteiger partial charge is 0.480 e. The summed E-state index contributed by atoms with van der Waals surface area (Å²) in [4.78, 5) is 10.5. The number of carboxylic acids is 1. The fourth-order valence-electron chi connectivity index (χ4n) is 0.776. The number of aliphatic carboxylic acids is 1. The molecule has 13 heavy (non-hydrogen) atoms. The summed E-state index contributed by atoms with van der Waals surface area (Å²) in [5.74, 6) is -0.676. The number of carbonyl (C=O) groups is 1. The molecule has 0 aliphatic carbocycles. The lowest BCUT2D eigenvalue weighted by molar-refractivity contribution is -0.136. The quantitative estimate of drug-likeness (QED) is 0.832. The second-order valence-corrected chi connectivity index (χ2v) is 5.17. The Balaban J connectivity index is 2.56. The van der Waals surface area contributed by atoms with Crippen LogP contribution in [0.2, 0.25) is 0 Å². The predicted octanol–water partition coefficient (Wildman–Crippen LogP) is 1.47. The maximum Gasteiger partial charge on any atom is 0.318 e. The topological polar surface area (TPSA) is 54.4 Å². The summed E-state index contributed by atoms with van der Waals surface area (Å²) in [6, 6.07) is 1.86. The molecule has 0 spiro atoms. The van der Waals surface area contributed by atoms with Gasteiger partial charge >= 0.3 is 5.97 Å². The third-order valence-electron chi connectivity index (χ3n) is 1.63. The first-order valence-electron chi connectivity index (χ1n) is 3.72. The van der Waals surface area contributed by atoms with Crippen LogP contribution in [0.5, 0.6) is 0 Å². The van der Waals surface area contributed by atoms with Gasteiger partial charge in [-0.3, -0.25) is 9.00 Å². The minimum absolute atomic E-state index is 0.330. The Morgan fingerprint density at radius 1 is 1.77 bits per heavy atom. The highest BCUT2D eigenvalue weighted by atomic mass is 32.2. The van der Waals surface area contributed by atoms with Gasteiger partial charge in [-0.1, -0.05) is 0 Å². The Labute approximate surface area is 82.9 Å². The summed E-state index contributed by atoms with van der Waals surface area (Å²) in [6.07, 6.45) is 0. The van der Waals surface area contributed by atoms with Gasteiger partial charge in [-0.25, -0.2) is 0 Å². The summed E-state index contributed by atoms with van der Waals surface area (Å²) in [7, 11) is -1.32. The molecule has 3 nitrogen and oxygen atoms in total. The standard InChI is InChI=1S/C8H10O3S2/c1-6(8(9)10)13(11)5-7-2-3-12-4-7/h2-4,6H,5H2,1H3,(H,9,10). The van der Waals surface area contributed by atoms with Crippen molar-refractivity contribution in [3.05, 3.63) is 22.4 Å². The maximum absolute atomic E-state index is 11.4. The molecule has 1 N–H and O–H groups in total. The van der Waals surface area contributed by atoms with Gasteiger partial charge in [-0.2, -0.15) is 11.3 Å². The molecule has 0 aliphatic heterocycles. The van der Waals surface area contributed by atoms with Crippen LogP contribution >= 0.6 is 11.3 Å². The Morgan fingerprint density at radius 3 is 2.92 bits per heavy atom. The average molecular weight is 218 g/mol. The van der Waals surface area contributed by atoms with Crippen molar-refractivity contribution in [2.75, 3.05) is 0 Å². The third kappa shape index (κ3) is 2.93. The van der Waals surface area contributed by atoms with Crippen LogP contribution < -0.4 is 0 Å². The first kappa shape index (κ1) is 10.4. The predicted molar refractivity (Wildman–Crippen MR) is 53.3 cm³/mol. The normalized spacial score (nSPS) is 15.2. The molecule has 0 bridgehead atoms. The van der Waals surface area contributed by atoms with Gasteiger partial charge in [0.2, 0.25) is 0 Å². The summed E-state index contributed by atoms with van der Waals surface area (Å²) in [6.45, 7) is 1.46. The van der Waals surface area contributed by atoms with Crippen LogP contribution in [0.15, 0.2) is 16.8 Å². The van der Waals surface area contributed by atoms with Crippen molar-refractivity contribution in [2.24, 2.45) is 0 Å². The molecule has 72 valence electrons. The van der Waals surface area contributed by atoms with E-state index in [2.05, 4.69) is 0 Å². The van der Waals surface area contributed by atoms with Gasteiger partial charge in [0.05, 0.1) is 5.75 Å². The third-order valence-corrected chi connectivity index (χ3v) is 3.97. The van der Waals surface area contributed by atoms with Gasteiger partial charge < -0.3 is 5.11 Å². The first-order chi connectivity index (χ1) is 6.11. The molecule has 0 saturated heterocycles. The van der Waals surface area contributed by atoms with Crippen molar-refractivity contribution in [3.63, 3.8) is 0 Å². The van der Waals surface area contributed by atoms with E-state index >= 15 is 0 Å². The van der Waals surface area contributed by atoms with Crippen LogP contribution in [0, 0.1) is 0 Å². The fraction of sp³-hybridized carbons (Fsp3) is 0.375. The van der Waals surface area contributed by atoms with Crippen LogP contribution in [0.4, 0.5) is 0 Å². The smallest absolute Gasteiger partial charge is 0.318 e. The average Bonchev–Trinajstić information content (AvgIpc) is 2.55. The minimum atomic E-state index is -1.32. The minimum Gasteiger partial charge on any atom is -0.480 e. The number of hydrogen-bond donors (Lipinski definition) is 1. The van der Waals surface area contributed by atoms with E-state index in [1.165, 1.54) is 18.3 Å². The molecule has 5 heteroatoms. The highest BCUT2D eigenvalue weighted by Gasteiger charge is 2.18. The lowest BCUT2D eigenvalue weighted by atomic mass is 10.4. The molecular formula is C8H10O3S2. The van der Waals surface area contributed by atoms with E-state index < -0.39 is 22.0 Å². The van der Waals surface area contributed by atoms with Gasteiger partial charge in [0, 0.05) is 10.8 Å². The van der Waals surface area contributed by atoms with E-state index in [4.69, 9.17) is 5.11 Å². The molecule has 0 aromatic carbocycles. The maximum atomic E-state index is 11.4. The fourth-order valence-corrected chi connectivity index (χ4v) is 2.53. The van der Waals surface area contributed by atoms with Crippen molar-refractivity contribution < 1.29 is 14.1 Å². The lowest BCUT2D eigenvalue weighted by Crippen LogP contribution is -2.22. The lowest BCUT2D eigenvalue weighted by Gasteiger charge is -2.04. The SMILES string of the molecule is CC(C(=O)O)S(=O)Cc1ccsc1. The van der Waals surface area contributed by atoms with E-state index in [-0.39, 0.29) is 0 Å². The second kappa shape index (κ2) is 4.53. The molecule has 1 aromatic heterocycles. The van der Waals surface area contributed by atoms with Crippen molar-refractivity contribution in [1.82, 2.24) is 0 Å². The zero-order valence-corrected chi connectivity index (χ0v) is 8.73. The molecule has 2 unspecified atom stereocenters. The molecule has 0 amide bonds. The molecule has 0 saturated carbocycles. The van der Waals surface area contributed by atoms with Crippen molar-refractivity contribution in [3.8, 4) is 0 Å². The van der Waals surface area contributed by atoms with Crippen LogP contribution in [-0.4, -0.2) is 20.5 Å². The molecule has 2 atom stereocenters. The van der Waals surface area contributed by atoms with E-state index in [1.807, 2.05) is 16.8 Å². The number of thiophene rings is 1. The van der Waals surface area contributed by atoms with Crippen molar-refractivity contribution in [1.29, 1.82) is 0 Å². The van der Waals surface area contributed by atoms with Crippen LogP contribution in [0.25, 0.3) is 0 Å². The molecule has 0 radical (unpaired) electrons. The molecule has 0 aliphatic rings. The Hall–Kier alpha value is -0.680. The highest BCUT2D eigenvalue weighted by Crippen LogP contribution is 2.11. The number of carboxylic acid groups (broad SMARTS) is 1. The van der Waals surface area contributed by atoms with Crippen LogP contribution in [0.3, 0.4) is 0 Å². The molecule has 1 rings (SSSR count). The summed E-state index contributed by atoms with van der Waals surface area (Å²) in [5.41, 5.74) is 0.941. The Kier molecular flexibility index (Phi) is 3.62. The van der Waals surface area contributed by atoms with Gasteiger partial charge in [0.1, 0.15) is 5.25 Å². The highest BCUT2D eigenvalue weighted by molar-refractivity contribution is 7.85. The molecular weight excluding hydrogens is 208 g/mol. The van der Waals surface area contributed by atoms with Gasteiger partial charge in [-0.05, 0) is 29.3 Å². The Morgan fingerprint density at radius 2 is 2.46 bits per heavy atom. The van der Waals surface area contributed by atoms with Gasteiger partial charge in [0.15, 0.2) is 0 Å². The summed E-state index contributed by atoms with van der Waals surface area (Å²) in [5, 5.41) is 11.6. The van der Waals surface area contributed by atoms with E-state index in [9.17, 15) is 9.00 Å². The van der Waals surface area contributed by atoms with Crippen LogP contribution in [-0.2, 0) is 21.3 Å². The molecule has 1 heterocycles.